The van der Waals surface area contributed by atoms with E-state index < -0.39 is 0 Å². The molecule has 0 radical (unpaired) electrons. The monoisotopic (exact) mass is 273 g/mol. The van der Waals surface area contributed by atoms with E-state index in [1.54, 1.807) is 0 Å². The van der Waals surface area contributed by atoms with E-state index in [4.69, 9.17) is 0 Å². The fourth-order valence-electron chi connectivity index (χ4n) is 2.60. The van der Waals surface area contributed by atoms with Crippen LogP contribution in [-0.4, -0.2) is 65.5 Å². The van der Waals surface area contributed by atoms with Crippen LogP contribution in [-0.2, 0) is 6.54 Å². The molecule has 5 heteroatoms. The maximum absolute atomic E-state index is 4.59. The predicted molar refractivity (Wildman–Crippen MR) is 80.8 cm³/mol. The fourth-order valence-corrected chi connectivity index (χ4v) is 2.60. The van der Waals surface area contributed by atoms with E-state index in [1.165, 1.54) is 26.2 Å². The van der Waals surface area contributed by atoms with Crippen LogP contribution in [0.3, 0.4) is 0 Å². The molecular weight excluding hydrogens is 250 g/mol. The Labute approximate surface area is 120 Å². The lowest BCUT2D eigenvalue weighted by molar-refractivity contribution is 0.154. The number of piperazine rings is 1. The van der Waals surface area contributed by atoms with Gasteiger partial charge in [0.2, 0.25) is 0 Å². The van der Waals surface area contributed by atoms with Crippen LogP contribution in [0.15, 0.2) is 30.6 Å². The molecule has 0 saturated carbocycles. The zero-order valence-electron chi connectivity index (χ0n) is 12.1. The van der Waals surface area contributed by atoms with Crippen LogP contribution >= 0.6 is 0 Å². The highest BCUT2D eigenvalue weighted by molar-refractivity contribution is 5.39. The molecule has 0 bridgehead atoms. The van der Waals surface area contributed by atoms with Gasteiger partial charge in [-0.25, -0.2) is 4.98 Å². The number of rotatable bonds is 5. The predicted octanol–water partition coefficient (Wildman–Crippen LogP) is 0.671. The molecule has 0 spiro atoms. The molecule has 1 aliphatic heterocycles. The first-order chi connectivity index (χ1) is 9.81. The van der Waals surface area contributed by atoms with Crippen LogP contribution < -0.4 is 5.32 Å². The highest BCUT2D eigenvalue weighted by Gasteiger charge is 2.12. The van der Waals surface area contributed by atoms with Gasteiger partial charge >= 0.3 is 0 Å². The first-order valence-corrected chi connectivity index (χ1v) is 7.35. The van der Waals surface area contributed by atoms with Crippen molar-refractivity contribution in [3.63, 3.8) is 0 Å². The fraction of sp³-hybridized carbons (Fsp3) is 0.533. The Hall–Kier alpha value is -1.43. The van der Waals surface area contributed by atoms with Crippen LogP contribution in [0.25, 0.3) is 5.65 Å². The first-order valence-electron chi connectivity index (χ1n) is 7.35. The van der Waals surface area contributed by atoms with Gasteiger partial charge in [-0.2, -0.15) is 0 Å². The smallest absolute Gasteiger partial charge is 0.137 e. The Morgan fingerprint density at radius 3 is 2.85 bits per heavy atom. The van der Waals surface area contributed by atoms with E-state index >= 15 is 0 Å². The van der Waals surface area contributed by atoms with Gasteiger partial charge in [-0.15, -0.1) is 0 Å². The van der Waals surface area contributed by atoms with Crippen molar-refractivity contribution in [2.45, 2.75) is 6.54 Å². The maximum atomic E-state index is 4.59. The highest BCUT2D eigenvalue weighted by Crippen LogP contribution is 2.04. The molecule has 3 heterocycles. The maximum Gasteiger partial charge on any atom is 0.137 e. The normalized spacial score (nSPS) is 17.9. The SMILES string of the molecule is CN1CCN(CCNCc2cn3ccccc3n2)CC1. The van der Waals surface area contributed by atoms with E-state index in [0.29, 0.717) is 0 Å². The molecule has 3 rings (SSSR count). The zero-order valence-corrected chi connectivity index (χ0v) is 12.1. The number of aromatic nitrogens is 2. The molecule has 0 unspecified atom stereocenters. The topological polar surface area (TPSA) is 35.8 Å². The molecule has 0 aliphatic carbocycles. The number of pyridine rings is 1. The standard InChI is InChI=1S/C15H23N5/c1-18-8-10-19(11-9-18)7-5-16-12-14-13-20-6-3-2-4-15(20)17-14/h2-4,6,13,16H,5,7-12H2,1H3. The van der Waals surface area contributed by atoms with Gasteiger partial charge in [0, 0.05) is 58.2 Å². The van der Waals surface area contributed by atoms with Crippen molar-refractivity contribution >= 4 is 5.65 Å². The Morgan fingerprint density at radius 2 is 2.05 bits per heavy atom. The number of nitrogens with zero attached hydrogens (tertiary/aromatic N) is 4. The van der Waals surface area contributed by atoms with Gasteiger partial charge in [-0.3, -0.25) is 4.90 Å². The summed E-state index contributed by atoms with van der Waals surface area (Å²) in [5.74, 6) is 0. The molecule has 0 aromatic carbocycles. The van der Waals surface area contributed by atoms with Gasteiger partial charge < -0.3 is 14.6 Å². The molecule has 1 saturated heterocycles. The Balaban J connectivity index is 1.41. The summed E-state index contributed by atoms with van der Waals surface area (Å²) in [6.07, 6.45) is 4.13. The molecular formula is C15H23N5. The summed E-state index contributed by atoms with van der Waals surface area (Å²) in [6, 6.07) is 6.08. The lowest BCUT2D eigenvalue weighted by Gasteiger charge is -2.32. The van der Waals surface area contributed by atoms with E-state index in [9.17, 15) is 0 Å². The summed E-state index contributed by atoms with van der Waals surface area (Å²) in [5, 5.41) is 3.49. The first kappa shape index (κ1) is 13.5. The van der Waals surface area contributed by atoms with Crippen molar-refractivity contribution in [3.8, 4) is 0 Å². The lowest BCUT2D eigenvalue weighted by atomic mass is 10.3. The van der Waals surface area contributed by atoms with Crippen molar-refractivity contribution in [1.82, 2.24) is 24.5 Å². The summed E-state index contributed by atoms with van der Waals surface area (Å²) < 4.78 is 2.07. The minimum Gasteiger partial charge on any atom is -0.310 e. The Kier molecular flexibility index (Phi) is 4.30. The molecule has 2 aromatic rings. The summed E-state index contributed by atoms with van der Waals surface area (Å²) in [6.45, 7) is 7.74. The van der Waals surface area contributed by atoms with Gasteiger partial charge in [0.15, 0.2) is 0 Å². The van der Waals surface area contributed by atoms with E-state index in [2.05, 4.69) is 37.7 Å². The lowest BCUT2D eigenvalue weighted by Crippen LogP contribution is -2.46. The quantitative estimate of drug-likeness (QED) is 0.812. The zero-order chi connectivity index (χ0) is 13.8. The second-order valence-electron chi connectivity index (χ2n) is 5.52. The molecule has 0 atom stereocenters. The van der Waals surface area contributed by atoms with Gasteiger partial charge in [0.25, 0.3) is 0 Å². The van der Waals surface area contributed by atoms with E-state index in [0.717, 1.165) is 31.0 Å². The van der Waals surface area contributed by atoms with Crippen LogP contribution in [0.2, 0.25) is 0 Å². The number of fused-ring (bicyclic) bond motifs is 1. The summed E-state index contributed by atoms with van der Waals surface area (Å²) in [4.78, 5) is 9.50. The average Bonchev–Trinajstić information content (AvgIpc) is 2.88. The summed E-state index contributed by atoms with van der Waals surface area (Å²) in [5.41, 5.74) is 2.12. The third-order valence-corrected chi connectivity index (χ3v) is 3.92. The van der Waals surface area contributed by atoms with Gasteiger partial charge in [0.1, 0.15) is 5.65 Å². The molecule has 108 valence electrons. The second kappa shape index (κ2) is 6.35. The van der Waals surface area contributed by atoms with Gasteiger partial charge in [0.05, 0.1) is 5.69 Å². The van der Waals surface area contributed by atoms with Crippen LogP contribution in [0.5, 0.6) is 0 Å². The van der Waals surface area contributed by atoms with Gasteiger partial charge in [-0.05, 0) is 19.2 Å². The number of nitrogens with one attached hydrogen (secondary N) is 1. The summed E-state index contributed by atoms with van der Waals surface area (Å²) in [7, 11) is 2.19. The number of hydrogen-bond donors (Lipinski definition) is 1. The molecule has 20 heavy (non-hydrogen) atoms. The molecule has 1 aliphatic rings. The molecule has 0 amide bonds. The molecule has 5 nitrogen and oxygen atoms in total. The number of imidazole rings is 1. The minimum absolute atomic E-state index is 0.843. The third kappa shape index (κ3) is 3.36. The largest absolute Gasteiger partial charge is 0.310 e. The van der Waals surface area contributed by atoms with Crippen LogP contribution in [0, 0.1) is 0 Å². The van der Waals surface area contributed by atoms with Crippen molar-refractivity contribution in [1.29, 1.82) is 0 Å². The van der Waals surface area contributed by atoms with Crippen molar-refractivity contribution < 1.29 is 0 Å². The van der Waals surface area contributed by atoms with E-state index in [-0.39, 0.29) is 0 Å². The van der Waals surface area contributed by atoms with Crippen molar-refractivity contribution in [3.05, 3.63) is 36.3 Å². The van der Waals surface area contributed by atoms with Crippen molar-refractivity contribution in [2.75, 3.05) is 46.3 Å². The second-order valence-corrected chi connectivity index (χ2v) is 5.52. The summed E-state index contributed by atoms with van der Waals surface area (Å²) >= 11 is 0. The third-order valence-electron chi connectivity index (χ3n) is 3.92. The number of likely N-dealkylation sites (N-methyl/N-ethyl adjacent to an activating group) is 1. The highest BCUT2D eigenvalue weighted by atomic mass is 15.2. The van der Waals surface area contributed by atoms with E-state index in [1.807, 2.05) is 24.4 Å². The number of hydrogen-bond acceptors (Lipinski definition) is 4. The van der Waals surface area contributed by atoms with Crippen molar-refractivity contribution in [2.24, 2.45) is 0 Å². The van der Waals surface area contributed by atoms with Gasteiger partial charge in [-0.1, -0.05) is 6.07 Å². The molecule has 2 aromatic heterocycles. The minimum atomic E-state index is 0.843. The Bertz CT molecular complexity index is 509. The molecule has 1 N–H and O–H groups in total. The average molecular weight is 273 g/mol. The van der Waals surface area contributed by atoms with Crippen LogP contribution in [0.4, 0.5) is 0 Å². The molecule has 1 fully saturated rings. The van der Waals surface area contributed by atoms with Crippen LogP contribution in [0.1, 0.15) is 5.69 Å². The Morgan fingerprint density at radius 1 is 1.20 bits per heavy atom.